The van der Waals surface area contributed by atoms with Crippen molar-refractivity contribution in [3.05, 3.63) is 29.8 Å². The Labute approximate surface area is 105 Å². The van der Waals surface area contributed by atoms with Gasteiger partial charge in [0.05, 0.1) is 6.61 Å². The number of rotatable bonds is 8. The SMILES string of the molecule is CCCC(C)COCCNc1ccccc1C. The first-order valence-corrected chi connectivity index (χ1v) is 6.61. The summed E-state index contributed by atoms with van der Waals surface area (Å²) in [4.78, 5) is 0. The van der Waals surface area contributed by atoms with E-state index in [2.05, 4.69) is 50.4 Å². The van der Waals surface area contributed by atoms with Crippen molar-refractivity contribution in [2.45, 2.75) is 33.6 Å². The summed E-state index contributed by atoms with van der Waals surface area (Å²) in [6, 6.07) is 8.34. The third-order valence-corrected chi connectivity index (χ3v) is 2.89. The summed E-state index contributed by atoms with van der Waals surface area (Å²) in [5.41, 5.74) is 2.49. The van der Waals surface area contributed by atoms with Crippen LogP contribution in [0.25, 0.3) is 0 Å². The van der Waals surface area contributed by atoms with E-state index >= 15 is 0 Å². The van der Waals surface area contributed by atoms with Crippen molar-refractivity contribution in [3.8, 4) is 0 Å². The van der Waals surface area contributed by atoms with E-state index in [0.717, 1.165) is 19.8 Å². The van der Waals surface area contributed by atoms with Gasteiger partial charge in [-0.1, -0.05) is 38.5 Å². The van der Waals surface area contributed by atoms with E-state index in [1.165, 1.54) is 24.1 Å². The molecule has 1 aromatic rings. The lowest BCUT2D eigenvalue weighted by Gasteiger charge is -2.12. The number of hydrogen-bond donors (Lipinski definition) is 1. The van der Waals surface area contributed by atoms with Crippen molar-refractivity contribution in [1.82, 2.24) is 0 Å². The molecular weight excluding hydrogens is 210 g/mol. The topological polar surface area (TPSA) is 21.3 Å². The van der Waals surface area contributed by atoms with Gasteiger partial charge in [0.25, 0.3) is 0 Å². The van der Waals surface area contributed by atoms with Gasteiger partial charge in [-0.3, -0.25) is 0 Å². The van der Waals surface area contributed by atoms with Crippen molar-refractivity contribution in [2.24, 2.45) is 5.92 Å². The van der Waals surface area contributed by atoms with Crippen LogP contribution >= 0.6 is 0 Å². The van der Waals surface area contributed by atoms with E-state index < -0.39 is 0 Å². The number of aryl methyl sites for hydroxylation is 1. The lowest BCUT2D eigenvalue weighted by molar-refractivity contribution is 0.110. The Bertz CT molecular complexity index is 312. The molecule has 0 aliphatic rings. The predicted octanol–water partition coefficient (Wildman–Crippen LogP) is 3.86. The quantitative estimate of drug-likeness (QED) is 0.691. The fraction of sp³-hybridized carbons (Fsp3) is 0.600. The lowest BCUT2D eigenvalue weighted by atomic mass is 10.1. The third kappa shape index (κ3) is 5.73. The first-order chi connectivity index (χ1) is 8.24. The third-order valence-electron chi connectivity index (χ3n) is 2.89. The molecule has 17 heavy (non-hydrogen) atoms. The van der Waals surface area contributed by atoms with E-state index in [-0.39, 0.29) is 0 Å². The molecule has 0 fully saturated rings. The Morgan fingerprint density at radius 2 is 2.06 bits per heavy atom. The molecule has 1 rings (SSSR count). The van der Waals surface area contributed by atoms with Gasteiger partial charge in [0, 0.05) is 18.8 Å². The van der Waals surface area contributed by atoms with E-state index in [9.17, 15) is 0 Å². The second kappa shape index (κ2) is 8.13. The van der Waals surface area contributed by atoms with E-state index in [1.54, 1.807) is 0 Å². The van der Waals surface area contributed by atoms with Crippen LogP contribution in [0.3, 0.4) is 0 Å². The second-order valence-electron chi connectivity index (χ2n) is 4.71. The minimum atomic E-state index is 0.679. The number of para-hydroxylation sites is 1. The molecule has 0 spiro atoms. The van der Waals surface area contributed by atoms with Gasteiger partial charge >= 0.3 is 0 Å². The van der Waals surface area contributed by atoms with Gasteiger partial charge in [0.1, 0.15) is 0 Å². The largest absolute Gasteiger partial charge is 0.383 e. The summed E-state index contributed by atoms with van der Waals surface area (Å²) in [7, 11) is 0. The molecule has 2 nitrogen and oxygen atoms in total. The van der Waals surface area contributed by atoms with Gasteiger partial charge < -0.3 is 10.1 Å². The Balaban J connectivity index is 2.10. The predicted molar refractivity (Wildman–Crippen MR) is 74.6 cm³/mol. The average Bonchev–Trinajstić information content (AvgIpc) is 2.31. The molecule has 0 aliphatic carbocycles. The summed E-state index contributed by atoms with van der Waals surface area (Å²) in [6.45, 7) is 9.12. The summed E-state index contributed by atoms with van der Waals surface area (Å²) in [6.07, 6.45) is 2.50. The molecule has 0 saturated heterocycles. The highest BCUT2D eigenvalue weighted by molar-refractivity contribution is 5.50. The molecule has 0 aliphatic heterocycles. The van der Waals surface area contributed by atoms with E-state index in [1.807, 2.05) is 0 Å². The highest BCUT2D eigenvalue weighted by atomic mass is 16.5. The van der Waals surface area contributed by atoms with Crippen LogP contribution in [-0.4, -0.2) is 19.8 Å². The molecule has 2 heteroatoms. The molecule has 1 N–H and O–H groups in total. The van der Waals surface area contributed by atoms with E-state index in [0.29, 0.717) is 5.92 Å². The summed E-state index contributed by atoms with van der Waals surface area (Å²) < 4.78 is 5.65. The molecule has 96 valence electrons. The first-order valence-electron chi connectivity index (χ1n) is 6.61. The molecule has 0 bridgehead atoms. The van der Waals surface area contributed by atoms with Gasteiger partial charge in [-0.15, -0.1) is 0 Å². The standard InChI is InChI=1S/C15H25NO/c1-4-7-13(2)12-17-11-10-16-15-9-6-5-8-14(15)3/h5-6,8-9,13,16H,4,7,10-12H2,1-3H3. The van der Waals surface area contributed by atoms with Crippen LogP contribution in [0.15, 0.2) is 24.3 Å². The van der Waals surface area contributed by atoms with Crippen LogP contribution in [0.2, 0.25) is 0 Å². The number of anilines is 1. The van der Waals surface area contributed by atoms with Gasteiger partial charge in [0.15, 0.2) is 0 Å². The Hall–Kier alpha value is -1.02. The molecule has 0 amide bonds. The van der Waals surface area contributed by atoms with Crippen molar-refractivity contribution in [3.63, 3.8) is 0 Å². The van der Waals surface area contributed by atoms with Crippen LogP contribution in [0, 0.1) is 12.8 Å². The number of hydrogen-bond acceptors (Lipinski definition) is 2. The van der Waals surface area contributed by atoms with Crippen molar-refractivity contribution >= 4 is 5.69 Å². The summed E-state index contributed by atoms with van der Waals surface area (Å²) in [5, 5.41) is 3.39. The maximum absolute atomic E-state index is 5.65. The van der Waals surface area contributed by atoms with Crippen molar-refractivity contribution in [2.75, 3.05) is 25.1 Å². The van der Waals surface area contributed by atoms with Gasteiger partial charge in [-0.25, -0.2) is 0 Å². The van der Waals surface area contributed by atoms with Crippen molar-refractivity contribution < 1.29 is 4.74 Å². The Kier molecular flexibility index (Phi) is 6.71. The molecule has 0 heterocycles. The minimum Gasteiger partial charge on any atom is -0.383 e. The Morgan fingerprint density at radius 3 is 2.76 bits per heavy atom. The van der Waals surface area contributed by atoms with Crippen LogP contribution in [0.1, 0.15) is 32.3 Å². The fourth-order valence-corrected chi connectivity index (χ4v) is 1.89. The molecule has 1 aromatic carbocycles. The van der Waals surface area contributed by atoms with Crippen molar-refractivity contribution in [1.29, 1.82) is 0 Å². The maximum Gasteiger partial charge on any atom is 0.0639 e. The molecular formula is C15H25NO. The number of nitrogens with one attached hydrogen (secondary N) is 1. The minimum absolute atomic E-state index is 0.679. The zero-order valence-electron chi connectivity index (χ0n) is 11.3. The second-order valence-corrected chi connectivity index (χ2v) is 4.71. The summed E-state index contributed by atoms with van der Waals surface area (Å²) >= 11 is 0. The number of ether oxygens (including phenoxy) is 1. The molecule has 1 unspecified atom stereocenters. The van der Waals surface area contributed by atoms with Crippen LogP contribution in [0.5, 0.6) is 0 Å². The smallest absolute Gasteiger partial charge is 0.0639 e. The monoisotopic (exact) mass is 235 g/mol. The van der Waals surface area contributed by atoms with Gasteiger partial charge in [0.2, 0.25) is 0 Å². The van der Waals surface area contributed by atoms with Crippen LogP contribution in [0.4, 0.5) is 5.69 Å². The molecule has 1 atom stereocenters. The molecule has 0 radical (unpaired) electrons. The zero-order chi connectivity index (χ0) is 12.5. The zero-order valence-corrected chi connectivity index (χ0v) is 11.3. The van der Waals surface area contributed by atoms with Gasteiger partial charge in [-0.05, 0) is 30.9 Å². The number of benzene rings is 1. The highest BCUT2D eigenvalue weighted by Gasteiger charge is 2.00. The van der Waals surface area contributed by atoms with Gasteiger partial charge in [-0.2, -0.15) is 0 Å². The summed E-state index contributed by atoms with van der Waals surface area (Å²) in [5.74, 6) is 0.679. The van der Waals surface area contributed by atoms with E-state index in [4.69, 9.17) is 4.74 Å². The highest BCUT2D eigenvalue weighted by Crippen LogP contribution is 2.12. The van der Waals surface area contributed by atoms with Crippen LogP contribution in [-0.2, 0) is 4.74 Å². The Morgan fingerprint density at radius 1 is 1.29 bits per heavy atom. The maximum atomic E-state index is 5.65. The fourth-order valence-electron chi connectivity index (χ4n) is 1.89. The molecule has 0 aromatic heterocycles. The molecule has 0 saturated carbocycles. The first kappa shape index (κ1) is 14.0. The van der Waals surface area contributed by atoms with Crippen LogP contribution < -0.4 is 5.32 Å². The normalized spacial score (nSPS) is 12.4. The average molecular weight is 235 g/mol. The lowest BCUT2D eigenvalue weighted by Crippen LogP contribution is -2.13.